The van der Waals surface area contributed by atoms with Gasteiger partial charge in [-0.15, -0.1) is 11.3 Å². The lowest BCUT2D eigenvalue weighted by Crippen LogP contribution is -1.92. The number of nitrogens with zero attached hydrogens (tertiary/aromatic N) is 2. The van der Waals surface area contributed by atoms with Crippen molar-refractivity contribution in [1.82, 2.24) is 9.97 Å². The quantitative estimate of drug-likeness (QED) is 0.166. The molecule has 0 saturated carbocycles. The molecule has 0 amide bonds. The Bertz CT molecular complexity index is 3230. The monoisotopic (exact) mass is 716 g/mol. The highest BCUT2D eigenvalue weighted by molar-refractivity contribution is 7.26. The maximum Gasteiger partial charge on any atom is 0.0979 e. The highest BCUT2D eigenvalue weighted by Crippen LogP contribution is 2.41. The Morgan fingerprint density at radius 2 is 0.800 bits per heavy atom. The van der Waals surface area contributed by atoms with E-state index < -0.39 is 0 Å². The second kappa shape index (κ2) is 12.9. The van der Waals surface area contributed by atoms with Gasteiger partial charge >= 0.3 is 0 Å². The van der Waals surface area contributed by atoms with Crippen LogP contribution in [-0.2, 0) is 0 Å². The van der Waals surface area contributed by atoms with Gasteiger partial charge in [0, 0.05) is 36.5 Å². The highest BCUT2D eigenvalue weighted by Gasteiger charge is 2.14. The first-order chi connectivity index (χ1) is 27.2. The Balaban J connectivity index is 0.903. The van der Waals surface area contributed by atoms with Gasteiger partial charge in [-0.3, -0.25) is 4.98 Å². The average Bonchev–Trinajstić information content (AvgIpc) is 3.66. The molecule has 0 bridgehead atoms. The Labute approximate surface area is 322 Å². The van der Waals surface area contributed by atoms with Crippen LogP contribution in [0.5, 0.6) is 0 Å². The molecule has 2 heterocycles. The summed E-state index contributed by atoms with van der Waals surface area (Å²) in [5.41, 5.74) is 13.4. The summed E-state index contributed by atoms with van der Waals surface area (Å²) in [5.74, 6) is 0. The fourth-order valence-electron chi connectivity index (χ4n) is 8.19. The van der Waals surface area contributed by atoms with Gasteiger partial charge in [-0.1, -0.05) is 164 Å². The van der Waals surface area contributed by atoms with E-state index in [0.29, 0.717) is 0 Å². The number of aromatic nitrogens is 2. The second-order valence-electron chi connectivity index (χ2n) is 14.1. The summed E-state index contributed by atoms with van der Waals surface area (Å²) in [6, 6.07) is 67.7. The molecule has 0 aliphatic rings. The normalized spacial score (nSPS) is 11.6. The molecule has 11 rings (SSSR count). The predicted molar refractivity (Wildman–Crippen MR) is 235 cm³/mol. The van der Waals surface area contributed by atoms with E-state index in [9.17, 15) is 0 Å². The molecule has 2 aromatic heterocycles. The van der Waals surface area contributed by atoms with Crippen LogP contribution < -0.4 is 0 Å². The van der Waals surface area contributed by atoms with Crippen molar-refractivity contribution in [2.75, 3.05) is 0 Å². The minimum absolute atomic E-state index is 0.867. The Kier molecular flexibility index (Phi) is 7.39. The van der Waals surface area contributed by atoms with Crippen LogP contribution in [0.15, 0.2) is 194 Å². The van der Waals surface area contributed by atoms with Crippen LogP contribution in [0, 0.1) is 0 Å². The first kappa shape index (κ1) is 31.6. The minimum Gasteiger partial charge on any atom is -0.252 e. The van der Waals surface area contributed by atoms with E-state index in [4.69, 9.17) is 9.97 Å². The number of hydrogen-bond donors (Lipinski definition) is 0. The van der Waals surface area contributed by atoms with E-state index in [0.717, 1.165) is 44.2 Å². The highest BCUT2D eigenvalue weighted by atomic mass is 32.1. The summed E-state index contributed by atoms with van der Waals surface area (Å²) in [4.78, 5) is 10.2. The molecule has 11 aromatic rings. The molecule has 0 saturated heterocycles. The summed E-state index contributed by atoms with van der Waals surface area (Å²) in [6.45, 7) is 0. The number of benzene rings is 9. The van der Waals surface area contributed by atoms with Crippen LogP contribution in [0.2, 0.25) is 0 Å². The topological polar surface area (TPSA) is 25.8 Å². The van der Waals surface area contributed by atoms with E-state index in [-0.39, 0.29) is 0 Å². The van der Waals surface area contributed by atoms with Crippen molar-refractivity contribution in [3.63, 3.8) is 0 Å². The molecule has 0 radical (unpaired) electrons. The predicted octanol–water partition coefficient (Wildman–Crippen LogP) is 14.6. The third kappa shape index (κ3) is 5.40. The van der Waals surface area contributed by atoms with Crippen LogP contribution >= 0.6 is 11.3 Å². The zero-order valence-electron chi connectivity index (χ0n) is 29.8. The zero-order valence-corrected chi connectivity index (χ0v) is 30.6. The molecule has 2 nitrogen and oxygen atoms in total. The lowest BCUT2D eigenvalue weighted by Gasteiger charge is -2.11. The largest absolute Gasteiger partial charge is 0.252 e. The molecule has 0 unspecified atom stereocenters. The van der Waals surface area contributed by atoms with Crippen molar-refractivity contribution in [3.8, 4) is 55.8 Å². The minimum atomic E-state index is 0.867. The molecule has 0 spiro atoms. The van der Waals surface area contributed by atoms with Crippen LogP contribution in [0.1, 0.15) is 0 Å². The summed E-state index contributed by atoms with van der Waals surface area (Å²) in [5, 5.41) is 7.31. The van der Waals surface area contributed by atoms with Gasteiger partial charge in [-0.05, 0) is 79.5 Å². The molecular formula is C52H32N2S. The molecule has 256 valence electrons. The van der Waals surface area contributed by atoms with Crippen molar-refractivity contribution in [2.24, 2.45) is 0 Å². The maximum atomic E-state index is 5.24. The van der Waals surface area contributed by atoms with E-state index in [2.05, 4.69) is 188 Å². The van der Waals surface area contributed by atoms with E-state index >= 15 is 0 Å². The summed E-state index contributed by atoms with van der Waals surface area (Å²) >= 11 is 1.88. The van der Waals surface area contributed by atoms with Crippen LogP contribution in [0.25, 0.3) is 109 Å². The van der Waals surface area contributed by atoms with Crippen LogP contribution in [-0.4, -0.2) is 9.97 Å². The Morgan fingerprint density at radius 3 is 1.47 bits per heavy atom. The van der Waals surface area contributed by atoms with Gasteiger partial charge in [0.2, 0.25) is 0 Å². The third-order valence-corrected chi connectivity index (χ3v) is 12.1. The third-order valence-electron chi connectivity index (χ3n) is 10.9. The van der Waals surface area contributed by atoms with Crippen LogP contribution in [0.4, 0.5) is 0 Å². The lowest BCUT2D eigenvalue weighted by molar-refractivity contribution is 1.31. The molecule has 0 N–H and O–H groups in total. The molecule has 3 heteroatoms. The average molecular weight is 717 g/mol. The van der Waals surface area contributed by atoms with E-state index in [1.54, 1.807) is 0 Å². The molecule has 55 heavy (non-hydrogen) atoms. The fraction of sp³-hybridized carbons (Fsp3) is 0. The van der Waals surface area contributed by atoms with E-state index in [1.807, 2.05) is 17.5 Å². The molecule has 0 fully saturated rings. The zero-order chi connectivity index (χ0) is 36.3. The maximum absolute atomic E-state index is 5.24. The molecule has 0 aliphatic heterocycles. The number of thiophene rings is 1. The Hall–Kier alpha value is -6.94. The summed E-state index contributed by atoms with van der Waals surface area (Å²) in [7, 11) is 0. The summed E-state index contributed by atoms with van der Waals surface area (Å²) in [6.07, 6.45) is 1.92. The van der Waals surface area contributed by atoms with Gasteiger partial charge in [0.25, 0.3) is 0 Å². The van der Waals surface area contributed by atoms with Gasteiger partial charge < -0.3 is 0 Å². The summed E-state index contributed by atoms with van der Waals surface area (Å²) < 4.78 is 2.67. The van der Waals surface area contributed by atoms with Gasteiger partial charge in [-0.2, -0.15) is 0 Å². The van der Waals surface area contributed by atoms with Gasteiger partial charge in [-0.25, -0.2) is 4.98 Å². The molecule has 9 aromatic carbocycles. The van der Waals surface area contributed by atoms with Crippen molar-refractivity contribution in [3.05, 3.63) is 194 Å². The molecule has 0 aliphatic carbocycles. The number of hydrogen-bond acceptors (Lipinski definition) is 3. The smallest absolute Gasteiger partial charge is 0.0979 e. The number of rotatable bonds is 5. The van der Waals surface area contributed by atoms with Crippen molar-refractivity contribution < 1.29 is 0 Å². The SMILES string of the molecule is c1cc(-c2ccc(-c3cccc(-c4cccc5c4sc4ccccc45)c3)cc2)cc(-c2cccc(-c3cnc4c5ccccc5c5ccccc5c4n3)c2)c1. The van der Waals surface area contributed by atoms with Crippen molar-refractivity contribution in [2.45, 2.75) is 0 Å². The fourth-order valence-corrected chi connectivity index (χ4v) is 9.43. The number of fused-ring (bicyclic) bond motifs is 9. The molecule has 0 atom stereocenters. The van der Waals surface area contributed by atoms with Crippen molar-refractivity contribution >= 4 is 64.1 Å². The van der Waals surface area contributed by atoms with Gasteiger partial charge in [0.15, 0.2) is 0 Å². The standard InChI is InChI=1S/C52H32N2S/c1-3-20-45-42(17-1)43-18-2-4-21-46(43)51-50(45)53-32-48(54-51)40-16-9-14-38(31-40)37-13-7-11-35(29-37)33-25-27-34(28-26-33)36-12-8-15-39(30-36)41-22-10-23-47-44-19-5-6-24-49(44)55-52(41)47/h1-32H. The first-order valence-electron chi connectivity index (χ1n) is 18.6. The Morgan fingerprint density at radius 1 is 0.327 bits per heavy atom. The van der Waals surface area contributed by atoms with Gasteiger partial charge in [0.1, 0.15) is 0 Å². The second-order valence-corrected chi connectivity index (χ2v) is 15.2. The van der Waals surface area contributed by atoms with Crippen molar-refractivity contribution in [1.29, 1.82) is 0 Å². The van der Waals surface area contributed by atoms with E-state index in [1.165, 1.54) is 64.3 Å². The van der Waals surface area contributed by atoms with Gasteiger partial charge in [0.05, 0.1) is 22.9 Å². The molecular weight excluding hydrogens is 685 g/mol. The lowest BCUT2D eigenvalue weighted by atomic mass is 9.95. The van der Waals surface area contributed by atoms with Crippen LogP contribution in [0.3, 0.4) is 0 Å². The first-order valence-corrected chi connectivity index (χ1v) is 19.5.